The molecule has 0 saturated carbocycles. The summed E-state index contributed by atoms with van der Waals surface area (Å²) in [5, 5.41) is 9.58. The highest BCUT2D eigenvalue weighted by molar-refractivity contribution is 6.72. The lowest BCUT2D eigenvalue weighted by Crippen LogP contribution is -2.54. The molecular weight excluding hydrogens is 543 g/mol. The lowest BCUT2D eigenvalue weighted by atomic mass is 9.95. The van der Waals surface area contributed by atoms with Gasteiger partial charge >= 0.3 is 5.97 Å². The third-order valence-corrected chi connectivity index (χ3v) is 10.6. The molecule has 2 aromatic rings. The SMILES string of the molecule is CC(=O)OC1CC(=O)N1c1ccc(CC[C@H]2O[C@@H](CC(=O)N(CCO)Cc3ccccc3)[C@H]([Si](C)(C)F)[C@H]2C)cc1. The molecule has 10 heteroatoms. The van der Waals surface area contributed by atoms with Crippen LogP contribution in [0.25, 0.3) is 0 Å². The highest BCUT2D eigenvalue weighted by atomic mass is 28.4. The van der Waals surface area contributed by atoms with Crippen molar-refractivity contribution in [1.29, 1.82) is 0 Å². The highest BCUT2D eigenvalue weighted by Gasteiger charge is 2.51. The molecular formula is C31H41FN2O6Si. The van der Waals surface area contributed by atoms with E-state index in [1.807, 2.05) is 61.5 Å². The summed E-state index contributed by atoms with van der Waals surface area (Å²) in [6, 6.07) is 17.2. The molecule has 1 N–H and O–H groups in total. The van der Waals surface area contributed by atoms with E-state index >= 15 is 4.11 Å². The second kappa shape index (κ2) is 13.3. The number of halogens is 1. The Hall–Kier alpha value is -3.08. The Morgan fingerprint density at radius 3 is 2.37 bits per heavy atom. The molecule has 0 spiro atoms. The van der Waals surface area contributed by atoms with E-state index in [1.54, 1.807) is 18.0 Å². The Balaban J connectivity index is 1.39. The molecule has 5 atom stereocenters. The number of carbonyl (C=O) groups excluding carboxylic acids is 3. The summed E-state index contributed by atoms with van der Waals surface area (Å²) in [6.07, 6.45) is 0.375. The van der Waals surface area contributed by atoms with Gasteiger partial charge in [0.05, 0.1) is 31.7 Å². The second-order valence-electron chi connectivity index (χ2n) is 11.6. The molecule has 2 saturated heterocycles. The van der Waals surface area contributed by atoms with E-state index < -0.39 is 26.7 Å². The monoisotopic (exact) mass is 584 g/mol. The summed E-state index contributed by atoms with van der Waals surface area (Å²) in [5.41, 5.74) is 2.37. The fourth-order valence-electron chi connectivity index (χ4n) is 6.21. The predicted octanol–water partition coefficient (Wildman–Crippen LogP) is 4.60. The van der Waals surface area contributed by atoms with Crippen molar-refractivity contribution in [2.75, 3.05) is 18.1 Å². The predicted molar refractivity (Wildman–Crippen MR) is 156 cm³/mol. The Labute approximate surface area is 242 Å². The van der Waals surface area contributed by atoms with Gasteiger partial charge in [0.2, 0.25) is 20.2 Å². The van der Waals surface area contributed by atoms with Crippen LogP contribution in [0.2, 0.25) is 18.6 Å². The van der Waals surface area contributed by atoms with E-state index in [2.05, 4.69) is 0 Å². The molecule has 2 aliphatic rings. The average Bonchev–Trinajstić information content (AvgIpc) is 3.22. The number of nitrogens with zero attached hydrogens (tertiary/aromatic N) is 2. The van der Waals surface area contributed by atoms with Crippen molar-refractivity contribution >= 4 is 31.9 Å². The number of anilines is 1. The minimum Gasteiger partial charge on any atom is -0.441 e. The summed E-state index contributed by atoms with van der Waals surface area (Å²) < 4.78 is 27.2. The molecule has 2 amide bonds. The minimum atomic E-state index is -3.16. The highest BCUT2D eigenvalue weighted by Crippen LogP contribution is 2.47. The van der Waals surface area contributed by atoms with Gasteiger partial charge in [-0.1, -0.05) is 49.4 Å². The van der Waals surface area contributed by atoms with Gasteiger partial charge in [0.25, 0.3) is 0 Å². The number of esters is 1. The number of hydrogen-bond acceptors (Lipinski definition) is 6. The number of benzene rings is 2. The molecule has 8 nitrogen and oxygen atoms in total. The molecule has 0 aromatic heterocycles. The molecule has 4 rings (SSSR count). The normalized spacial score (nSPS) is 24.2. The zero-order valence-corrected chi connectivity index (χ0v) is 25.3. The van der Waals surface area contributed by atoms with Crippen LogP contribution in [0.3, 0.4) is 0 Å². The number of rotatable bonds is 12. The number of ether oxygens (including phenoxy) is 2. The van der Waals surface area contributed by atoms with Gasteiger partial charge in [-0.05, 0) is 55.1 Å². The zero-order chi connectivity index (χ0) is 29.7. The number of amides is 2. The number of aliphatic hydroxyl groups is 1. The molecule has 2 fully saturated rings. The molecule has 222 valence electrons. The van der Waals surface area contributed by atoms with Gasteiger partial charge in [0.1, 0.15) is 0 Å². The van der Waals surface area contributed by atoms with Crippen molar-refractivity contribution in [3.8, 4) is 0 Å². The molecule has 0 radical (unpaired) electrons. The summed E-state index contributed by atoms with van der Waals surface area (Å²) in [5.74, 6) is -0.706. The van der Waals surface area contributed by atoms with Gasteiger partial charge in [-0.15, -0.1) is 0 Å². The van der Waals surface area contributed by atoms with Crippen LogP contribution >= 0.6 is 0 Å². The Morgan fingerprint density at radius 2 is 1.78 bits per heavy atom. The van der Waals surface area contributed by atoms with Crippen molar-refractivity contribution in [2.45, 2.75) is 83.1 Å². The van der Waals surface area contributed by atoms with Gasteiger partial charge in [0, 0.05) is 31.2 Å². The smallest absolute Gasteiger partial charge is 0.304 e. The summed E-state index contributed by atoms with van der Waals surface area (Å²) >= 11 is 0. The number of β-lactam (4-membered cyclic amide) rings is 1. The Bertz CT molecular complexity index is 1210. The van der Waals surface area contributed by atoms with Crippen molar-refractivity contribution < 1.29 is 33.1 Å². The number of hydrogen-bond donors (Lipinski definition) is 1. The van der Waals surface area contributed by atoms with Gasteiger partial charge in [-0.25, -0.2) is 0 Å². The van der Waals surface area contributed by atoms with Gasteiger partial charge in [-0.2, -0.15) is 0 Å². The van der Waals surface area contributed by atoms with E-state index in [4.69, 9.17) is 9.47 Å². The standard InChI is InChI=1S/C31H41FN2O6Si/c1-21-26(15-12-23-10-13-25(14-11-23)34-29(38)19-30(34)39-22(2)36)40-27(31(21)41(3,4)32)18-28(37)33(16-17-35)20-24-8-6-5-7-9-24/h5-11,13-14,21,26-27,30-31,35H,12,15-20H2,1-4H3/t21-,26+,27-,30?,31+/m0/s1. The van der Waals surface area contributed by atoms with E-state index in [1.165, 1.54) is 11.8 Å². The number of carbonyl (C=O) groups is 3. The topological polar surface area (TPSA) is 96.4 Å². The third kappa shape index (κ3) is 7.61. The van der Waals surface area contributed by atoms with Gasteiger partial charge < -0.3 is 23.6 Å². The van der Waals surface area contributed by atoms with Crippen LogP contribution in [0.5, 0.6) is 0 Å². The lowest BCUT2D eigenvalue weighted by Gasteiger charge is -2.39. The number of aryl methyl sites for hydroxylation is 1. The first-order valence-electron chi connectivity index (χ1n) is 14.3. The fourth-order valence-corrected chi connectivity index (χ4v) is 8.75. The van der Waals surface area contributed by atoms with Crippen LogP contribution < -0.4 is 4.90 Å². The van der Waals surface area contributed by atoms with Crippen molar-refractivity contribution in [3.63, 3.8) is 0 Å². The van der Waals surface area contributed by atoms with Gasteiger partial charge in [0.15, 0.2) is 6.23 Å². The summed E-state index contributed by atoms with van der Waals surface area (Å²) in [6.45, 7) is 7.16. The second-order valence-corrected chi connectivity index (χ2v) is 15.4. The van der Waals surface area contributed by atoms with Gasteiger partial charge in [-0.3, -0.25) is 19.3 Å². The van der Waals surface area contributed by atoms with Crippen LogP contribution in [0.1, 0.15) is 44.2 Å². The first-order valence-corrected chi connectivity index (χ1v) is 17.3. The Kier molecular flexibility index (Phi) is 9.99. The van der Waals surface area contributed by atoms with Crippen LogP contribution in [-0.2, 0) is 36.8 Å². The van der Waals surface area contributed by atoms with E-state index in [-0.39, 0.29) is 55.4 Å². The van der Waals surface area contributed by atoms with E-state index in [0.717, 1.165) is 11.1 Å². The van der Waals surface area contributed by atoms with E-state index in [9.17, 15) is 19.5 Å². The number of aliphatic hydroxyl groups excluding tert-OH is 1. The first kappa shape index (κ1) is 30.9. The third-order valence-electron chi connectivity index (χ3n) is 8.15. The quantitative estimate of drug-likeness (QED) is 0.170. The van der Waals surface area contributed by atoms with Crippen molar-refractivity contribution in [1.82, 2.24) is 4.90 Å². The summed E-state index contributed by atoms with van der Waals surface area (Å²) in [7, 11) is -3.16. The lowest BCUT2D eigenvalue weighted by molar-refractivity contribution is -0.154. The molecule has 1 unspecified atom stereocenters. The molecule has 2 heterocycles. The van der Waals surface area contributed by atoms with Crippen molar-refractivity contribution in [2.24, 2.45) is 5.92 Å². The van der Waals surface area contributed by atoms with Crippen LogP contribution in [0.15, 0.2) is 54.6 Å². The zero-order valence-electron chi connectivity index (χ0n) is 24.3. The van der Waals surface area contributed by atoms with Crippen molar-refractivity contribution in [3.05, 3.63) is 65.7 Å². The maximum atomic E-state index is 15.6. The molecule has 2 aromatic carbocycles. The average molecular weight is 585 g/mol. The maximum absolute atomic E-state index is 15.6. The fraction of sp³-hybridized carbons (Fsp3) is 0.516. The first-order chi connectivity index (χ1) is 19.5. The van der Waals surface area contributed by atoms with Crippen LogP contribution in [0, 0.1) is 5.92 Å². The molecule has 0 aliphatic carbocycles. The molecule has 0 bridgehead atoms. The Morgan fingerprint density at radius 1 is 1.10 bits per heavy atom. The van der Waals surface area contributed by atoms with Crippen LogP contribution in [-0.4, -0.2) is 67.8 Å². The summed E-state index contributed by atoms with van der Waals surface area (Å²) in [4.78, 5) is 39.8. The molecule has 2 aliphatic heterocycles. The minimum absolute atomic E-state index is 0.0395. The molecule has 41 heavy (non-hydrogen) atoms. The largest absolute Gasteiger partial charge is 0.441 e. The van der Waals surface area contributed by atoms with E-state index in [0.29, 0.717) is 25.1 Å². The maximum Gasteiger partial charge on any atom is 0.304 e. The van der Waals surface area contributed by atoms with Crippen LogP contribution in [0.4, 0.5) is 9.80 Å².